The summed E-state index contributed by atoms with van der Waals surface area (Å²) in [6.07, 6.45) is 6.50. The number of nitrogens with one attached hydrogen (secondary N) is 4. The fourth-order valence-electron chi connectivity index (χ4n) is 4.36. The molecule has 180 valence electrons. The molecular formula is C25H36N4O4. The van der Waals surface area contributed by atoms with Crippen molar-refractivity contribution in [2.24, 2.45) is 5.92 Å². The summed E-state index contributed by atoms with van der Waals surface area (Å²) in [5.41, 5.74) is 1.87. The van der Waals surface area contributed by atoms with E-state index < -0.39 is 18.1 Å². The van der Waals surface area contributed by atoms with Crippen LogP contribution in [0.25, 0.3) is 10.9 Å². The number of fused-ring (bicyclic) bond motifs is 1. The number of carbonyl (C=O) groups excluding carboxylic acids is 3. The monoisotopic (exact) mass is 456 g/mol. The molecule has 2 heterocycles. The minimum absolute atomic E-state index is 0.163. The van der Waals surface area contributed by atoms with Gasteiger partial charge in [-0.1, -0.05) is 44.9 Å². The third-order valence-corrected chi connectivity index (χ3v) is 6.12. The lowest BCUT2D eigenvalue weighted by molar-refractivity contribution is -0.145. The Kier molecular flexibility index (Phi) is 8.88. The SMILES string of the molecule is COC(=O)[C@@H](Cc1c[nH]c2ccccc12)NC(=O)[C@@H](CC(C)C)NC(=O)C1CCCCCN1. The molecule has 1 fully saturated rings. The molecule has 4 N–H and O–H groups in total. The Bertz CT molecular complexity index is 947. The Morgan fingerprint density at radius 3 is 2.64 bits per heavy atom. The molecule has 1 aliphatic rings. The van der Waals surface area contributed by atoms with E-state index in [4.69, 9.17) is 4.74 Å². The van der Waals surface area contributed by atoms with E-state index in [0.29, 0.717) is 6.42 Å². The first-order valence-corrected chi connectivity index (χ1v) is 11.9. The Morgan fingerprint density at radius 1 is 1.09 bits per heavy atom. The second-order valence-electron chi connectivity index (χ2n) is 9.19. The number of hydrogen-bond donors (Lipinski definition) is 4. The van der Waals surface area contributed by atoms with Crippen LogP contribution in [0.15, 0.2) is 30.5 Å². The average Bonchev–Trinajstić information content (AvgIpc) is 3.01. The van der Waals surface area contributed by atoms with E-state index in [1.54, 1.807) is 0 Å². The van der Waals surface area contributed by atoms with Gasteiger partial charge >= 0.3 is 5.97 Å². The van der Waals surface area contributed by atoms with Gasteiger partial charge in [0.25, 0.3) is 0 Å². The van der Waals surface area contributed by atoms with Crippen molar-refractivity contribution in [3.63, 3.8) is 0 Å². The Balaban J connectivity index is 1.72. The smallest absolute Gasteiger partial charge is 0.328 e. The highest BCUT2D eigenvalue weighted by Gasteiger charge is 2.30. The molecular weight excluding hydrogens is 420 g/mol. The van der Waals surface area contributed by atoms with Crippen LogP contribution in [0, 0.1) is 5.92 Å². The number of aromatic nitrogens is 1. The van der Waals surface area contributed by atoms with Crippen LogP contribution in [0.1, 0.15) is 51.5 Å². The highest BCUT2D eigenvalue weighted by atomic mass is 16.5. The second kappa shape index (κ2) is 11.8. The van der Waals surface area contributed by atoms with E-state index in [9.17, 15) is 14.4 Å². The predicted octanol–water partition coefficient (Wildman–Crippen LogP) is 2.43. The van der Waals surface area contributed by atoms with Crippen molar-refractivity contribution in [3.05, 3.63) is 36.0 Å². The summed E-state index contributed by atoms with van der Waals surface area (Å²) in [6, 6.07) is 5.92. The molecule has 1 aromatic carbocycles. The van der Waals surface area contributed by atoms with E-state index in [1.807, 2.05) is 44.3 Å². The summed E-state index contributed by atoms with van der Waals surface area (Å²) in [5, 5.41) is 10.0. The molecule has 33 heavy (non-hydrogen) atoms. The molecule has 3 rings (SSSR count). The molecule has 0 bridgehead atoms. The number of H-pyrrole nitrogens is 1. The molecule has 8 nitrogen and oxygen atoms in total. The molecule has 8 heteroatoms. The number of para-hydroxylation sites is 1. The zero-order chi connectivity index (χ0) is 23.8. The standard InChI is InChI=1S/C25H36N4O4/c1-16(2)13-21(28-23(30)20-11-5-4-8-12-26-20)24(31)29-22(25(32)33-3)14-17-15-27-19-10-7-6-9-18(17)19/h6-7,9-10,15-16,20-22,26-27H,4-5,8,11-14H2,1-3H3,(H,28,30)(H,29,31)/t20?,21-,22-/m1/s1. The van der Waals surface area contributed by atoms with Crippen LogP contribution in [0.2, 0.25) is 0 Å². The zero-order valence-corrected chi connectivity index (χ0v) is 19.8. The van der Waals surface area contributed by atoms with Gasteiger partial charge in [0.15, 0.2) is 0 Å². The van der Waals surface area contributed by atoms with Gasteiger partial charge in [-0.25, -0.2) is 4.79 Å². The van der Waals surface area contributed by atoms with Crippen LogP contribution < -0.4 is 16.0 Å². The van der Waals surface area contributed by atoms with Crippen molar-refractivity contribution >= 4 is 28.7 Å². The maximum atomic E-state index is 13.2. The van der Waals surface area contributed by atoms with Crippen LogP contribution in [0.4, 0.5) is 0 Å². The topological polar surface area (TPSA) is 112 Å². The van der Waals surface area contributed by atoms with Gasteiger partial charge in [0.2, 0.25) is 11.8 Å². The van der Waals surface area contributed by atoms with Crippen molar-refractivity contribution in [2.75, 3.05) is 13.7 Å². The number of amides is 2. The van der Waals surface area contributed by atoms with Gasteiger partial charge in [-0.05, 0) is 43.4 Å². The molecule has 2 aromatic rings. The first-order chi connectivity index (χ1) is 15.9. The first kappa shape index (κ1) is 24.8. The van der Waals surface area contributed by atoms with Gasteiger partial charge in [0.1, 0.15) is 12.1 Å². The Labute approximate surface area is 195 Å². The fraction of sp³-hybridized carbons (Fsp3) is 0.560. The number of rotatable bonds is 9. The summed E-state index contributed by atoms with van der Waals surface area (Å²) in [6.45, 7) is 4.80. The number of esters is 1. The van der Waals surface area contributed by atoms with E-state index in [2.05, 4.69) is 20.9 Å². The summed E-state index contributed by atoms with van der Waals surface area (Å²) < 4.78 is 4.96. The normalized spacial score (nSPS) is 18.4. The summed E-state index contributed by atoms with van der Waals surface area (Å²) in [5.74, 6) is -0.869. The Hall–Kier alpha value is -2.87. The van der Waals surface area contributed by atoms with Gasteiger partial charge in [-0.15, -0.1) is 0 Å². The number of hydrogen-bond acceptors (Lipinski definition) is 5. The molecule has 0 saturated carbocycles. The lowest BCUT2D eigenvalue weighted by Crippen LogP contribution is -2.55. The number of methoxy groups -OCH3 is 1. The van der Waals surface area contributed by atoms with Crippen molar-refractivity contribution in [2.45, 2.75) is 70.5 Å². The number of benzene rings is 1. The third kappa shape index (κ3) is 6.81. The number of ether oxygens (including phenoxy) is 1. The number of carbonyl (C=O) groups is 3. The summed E-state index contributed by atoms with van der Waals surface area (Å²) >= 11 is 0. The second-order valence-corrected chi connectivity index (χ2v) is 9.19. The molecule has 0 spiro atoms. The molecule has 1 unspecified atom stereocenters. The maximum Gasteiger partial charge on any atom is 0.328 e. The van der Waals surface area contributed by atoms with E-state index in [-0.39, 0.29) is 30.2 Å². The molecule has 0 radical (unpaired) electrons. The van der Waals surface area contributed by atoms with Crippen LogP contribution in [0.3, 0.4) is 0 Å². The number of aromatic amines is 1. The first-order valence-electron chi connectivity index (χ1n) is 11.9. The third-order valence-electron chi connectivity index (χ3n) is 6.12. The van der Waals surface area contributed by atoms with Crippen LogP contribution in [-0.4, -0.2) is 54.5 Å². The molecule has 1 aliphatic heterocycles. The summed E-state index contributed by atoms with van der Waals surface area (Å²) in [4.78, 5) is 41.8. The molecule has 1 saturated heterocycles. The van der Waals surface area contributed by atoms with Crippen molar-refractivity contribution in [1.82, 2.24) is 20.9 Å². The van der Waals surface area contributed by atoms with E-state index in [0.717, 1.165) is 48.7 Å². The minimum atomic E-state index is -0.857. The van der Waals surface area contributed by atoms with Crippen LogP contribution >= 0.6 is 0 Å². The van der Waals surface area contributed by atoms with Crippen LogP contribution in [-0.2, 0) is 25.5 Å². The Morgan fingerprint density at radius 2 is 1.88 bits per heavy atom. The van der Waals surface area contributed by atoms with Gasteiger partial charge in [0, 0.05) is 23.5 Å². The molecule has 0 aliphatic carbocycles. The lowest BCUT2D eigenvalue weighted by atomic mass is 10.0. The van der Waals surface area contributed by atoms with Gasteiger partial charge in [-0.3, -0.25) is 9.59 Å². The molecule has 3 atom stereocenters. The molecule has 2 amide bonds. The average molecular weight is 457 g/mol. The van der Waals surface area contributed by atoms with Gasteiger partial charge < -0.3 is 25.7 Å². The highest BCUT2D eigenvalue weighted by Crippen LogP contribution is 2.19. The highest BCUT2D eigenvalue weighted by molar-refractivity contribution is 5.92. The fourth-order valence-corrected chi connectivity index (χ4v) is 4.36. The van der Waals surface area contributed by atoms with Crippen molar-refractivity contribution < 1.29 is 19.1 Å². The van der Waals surface area contributed by atoms with Crippen molar-refractivity contribution in [1.29, 1.82) is 0 Å². The summed E-state index contributed by atoms with van der Waals surface area (Å²) in [7, 11) is 1.31. The maximum absolute atomic E-state index is 13.2. The predicted molar refractivity (Wildman–Crippen MR) is 128 cm³/mol. The van der Waals surface area contributed by atoms with E-state index in [1.165, 1.54) is 7.11 Å². The zero-order valence-electron chi connectivity index (χ0n) is 19.8. The van der Waals surface area contributed by atoms with Crippen molar-refractivity contribution in [3.8, 4) is 0 Å². The lowest BCUT2D eigenvalue weighted by Gasteiger charge is -2.25. The van der Waals surface area contributed by atoms with Crippen LogP contribution in [0.5, 0.6) is 0 Å². The van der Waals surface area contributed by atoms with Gasteiger partial charge in [0.05, 0.1) is 13.2 Å². The molecule has 1 aromatic heterocycles. The van der Waals surface area contributed by atoms with Gasteiger partial charge in [-0.2, -0.15) is 0 Å². The minimum Gasteiger partial charge on any atom is -0.467 e. The quantitative estimate of drug-likeness (QED) is 0.433. The van der Waals surface area contributed by atoms with E-state index >= 15 is 0 Å². The largest absolute Gasteiger partial charge is 0.467 e.